The zero-order chi connectivity index (χ0) is 11.2. The van der Waals surface area contributed by atoms with E-state index in [0.717, 1.165) is 29.5 Å². The second kappa shape index (κ2) is 3.29. The van der Waals surface area contributed by atoms with E-state index < -0.39 is 5.60 Å². The molecule has 0 amide bonds. The van der Waals surface area contributed by atoms with E-state index in [2.05, 4.69) is 6.92 Å². The Morgan fingerprint density at radius 2 is 2.00 bits per heavy atom. The summed E-state index contributed by atoms with van der Waals surface area (Å²) in [7, 11) is 0. The molecular weight excluding hydrogens is 200 g/mol. The fraction of sp³-hybridized carbons (Fsp3) is 0.357. The number of rotatable bonds is 0. The number of hydrogen-bond acceptors (Lipinski definition) is 2. The minimum absolute atomic E-state index is 0.131. The van der Waals surface area contributed by atoms with Crippen molar-refractivity contribution in [3.05, 3.63) is 41.5 Å². The minimum atomic E-state index is -0.654. The molecule has 1 atom stereocenters. The molecule has 0 saturated carbocycles. The number of ether oxygens (including phenoxy) is 1. The number of carbonyl (C=O) groups excluding carboxylic acids is 1. The lowest BCUT2D eigenvalue weighted by Crippen LogP contribution is -2.38. The van der Waals surface area contributed by atoms with Gasteiger partial charge >= 0.3 is 0 Å². The molecule has 1 fully saturated rings. The molecule has 1 aromatic rings. The summed E-state index contributed by atoms with van der Waals surface area (Å²) >= 11 is 0. The quantitative estimate of drug-likeness (QED) is 0.663. The van der Waals surface area contributed by atoms with Gasteiger partial charge in [0, 0.05) is 12.2 Å². The largest absolute Gasteiger partial charge is 0.363 e. The maximum atomic E-state index is 12.4. The van der Waals surface area contributed by atoms with Gasteiger partial charge in [0.05, 0.1) is 0 Å². The van der Waals surface area contributed by atoms with Crippen LogP contribution in [0, 0.1) is 0 Å². The Morgan fingerprint density at radius 3 is 2.69 bits per heavy atom. The van der Waals surface area contributed by atoms with Gasteiger partial charge in [-0.3, -0.25) is 4.79 Å². The lowest BCUT2D eigenvalue weighted by molar-refractivity contribution is 0.0350. The first-order valence-corrected chi connectivity index (χ1v) is 5.71. The van der Waals surface area contributed by atoms with Crippen molar-refractivity contribution in [1.82, 2.24) is 0 Å². The Bertz CT molecular complexity index is 479. The molecular formula is C14H14O2. The zero-order valence-electron chi connectivity index (χ0n) is 9.32. The number of benzene rings is 1. The third-order valence-corrected chi connectivity index (χ3v) is 3.48. The lowest BCUT2D eigenvalue weighted by Gasteiger charge is -2.29. The van der Waals surface area contributed by atoms with Gasteiger partial charge in [0.2, 0.25) is 0 Å². The maximum Gasteiger partial charge on any atom is 0.199 e. The van der Waals surface area contributed by atoms with E-state index in [-0.39, 0.29) is 5.78 Å². The number of allylic oxidation sites excluding steroid dienone is 1. The first kappa shape index (κ1) is 9.79. The summed E-state index contributed by atoms with van der Waals surface area (Å²) in [6, 6.07) is 7.79. The summed E-state index contributed by atoms with van der Waals surface area (Å²) in [5.74, 6) is 0.131. The molecule has 1 aromatic carbocycles. The SMILES string of the molecule is CC1=C[C@]2(CCCO2)C(=O)c2ccccc21. The second-order valence-corrected chi connectivity index (χ2v) is 4.54. The molecule has 1 heterocycles. The fourth-order valence-electron chi connectivity index (χ4n) is 2.70. The van der Waals surface area contributed by atoms with E-state index in [1.165, 1.54) is 0 Å². The number of Topliss-reactive ketones (excluding diaryl/α,β-unsaturated/α-hetero) is 1. The minimum Gasteiger partial charge on any atom is -0.363 e. The molecule has 0 aromatic heterocycles. The van der Waals surface area contributed by atoms with Crippen LogP contribution in [-0.2, 0) is 4.74 Å². The average molecular weight is 214 g/mol. The smallest absolute Gasteiger partial charge is 0.199 e. The topological polar surface area (TPSA) is 26.3 Å². The standard InChI is InChI=1S/C14H14O2/c1-10-9-14(7-4-8-16-14)13(15)12-6-3-2-5-11(10)12/h2-3,5-6,9H,4,7-8H2,1H3/t14-/m1/s1. The second-order valence-electron chi connectivity index (χ2n) is 4.54. The van der Waals surface area contributed by atoms with E-state index in [1.54, 1.807) is 0 Å². The molecule has 0 bridgehead atoms. The molecule has 0 radical (unpaired) electrons. The predicted octanol–water partition coefficient (Wildman–Crippen LogP) is 2.84. The highest BCUT2D eigenvalue weighted by atomic mass is 16.5. The Kier molecular flexibility index (Phi) is 2.01. The molecule has 0 N–H and O–H groups in total. The third kappa shape index (κ3) is 1.20. The van der Waals surface area contributed by atoms with Gasteiger partial charge < -0.3 is 4.74 Å². The zero-order valence-corrected chi connectivity index (χ0v) is 9.32. The Labute approximate surface area is 94.9 Å². The van der Waals surface area contributed by atoms with Gasteiger partial charge in [-0.1, -0.05) is 24.3 Å². The Hall–Kier alpha value is -1.41. The van der Waals surface area contributed by atoms with Crippen molar-refractivity contribution < 1.29 is 9.53 Å². The first-order valence-electron chi connectivity index (χ1n) is 5.71. The summed E-state index contributed by atoms with van der Waals surface area (Å²) < 4.78 is 5.70. The van der Waals surface area contributed by atoms with Gasteiger partial charge in [-0.05, 0) is 37.0 Å². The molecule has 1 aliphatic heterocycles. The van der Waals surface area contributed by atoms with Gasteiger partial charge in [-0.2, -0.15) is 0 Å². The lowest BCUT2D eigenvalue weighted by atomic mass is 9.80. The van der Waals surface area contributed by atoms with Crippen LogP contribution in [0.15, 0.2) is 30.3 Å². The van der Waals surface area contributed by atoms with Crippen LogP contribution in [-0.4, -0.2) is 18.0 Å². The molecule has 0 unspecified atom stereocenters. The summed E-state index contributed by atoms with van der Waals surface area (Å²) in [6.45, 7) is 2.74. The third-order valence-electron chi connectivity index (χ3n) is 3.48. The summed E-state index contributed by atoms with van der Waals surface area (Å²) in [4.78, 5) is 12.4. The normalized spacial score (nSPS) is 28.1. The summed E-state index contributed by atoms with van der Waals surface area (Å²) in [6.07, 6.45) is 3.79. The van der Waals surface area contributed by atoms with Crippen LogP contribution in [0.3, 0.4) is 0 Å². The van der Waals surface area contributed by atoms with Crippen molar-refractivity contribution in [2.75, 3.05) is 6.61 Å². The van der Waals surface area contributed by atoms with Crippen LogP contribution in [0.25, 0.3) is 5.57 Å². The van der Waals surface area contributed by atoms with Crippen LogP contribution in [0.2, 0.25) is 0 Å². The average Bonchev–Trinajstić information content (AvgIpc) is 2.76. The van der Waals surface area contributed by atoms with E-state index in [1.807, 2.05) is 30.3 Å². The van der Waals surface area contributed by atoms with Crippen LogP contribution in [0.4, 0.5) is 0 Å². The molecule has 1 spiro atoms. The molecule has 82 valence electrons. The highest BCUT2D eigenvalue weighted by Gasteiger charge is 2.44. The van der Waals surface area contributed by atoms with Crippen LogP contribution >= 0.6 is 0 Å². The van der Waals surface area contributed by atoms with Gasteiger partial charge in [-0.15, -0.1) is 0 Å². The fourth-order valence-corrected chi connectivity index (χ4v) is 2.70. The van der Waals surface area contributed by atoms with Crippen molar-refractivity contribution in [2.45, 2.75) is 25.4 Å². The number of carbonyl (C=O) groups is 1. The Balaban J connectivity index is 2.19. The van der Waals surface area contributed by atoms with Gasteiger partial charge in [0.15, 0.2) is 5.78 Å². The van der Waals surface area contributed by atoms with Crippen molar-refractivity contribution in [3.8, 4) is 0 Å². The van der Waals surface area contributed by atoms with Crippen molar-refractivity contribution in [3.63, 3.8) is 0 Å². The van der Waals surface area contributed by atoms with Crippen molar-refractivity contribution in [2.24, 2.45) is 0 Å². The molecule has 1 saturated heterocycles. The highest BCUT2D eigenvalue weighted by molar-refractivity contribution is 6.10. The van der Waals surface area contributed by atoms with Crippen molar-refractivity contribution in [1.29, 1.82) is 0 Å². The summed E-state index contributed by atoms with van der Waals surface area (Å²) in [5, 5.41) is 0. The van der Waals surface area contributed by atoms with Crippen molar-refractivity contribution >= 4 is 11.4 Å². The maximum absolute atomic E-state index is 12.4. The van der Waals surface area contributed by atoms with E-state index in [0.29, 0.717) is 6.61 Å². The van der Waals surface area contributed by atoms with E-state index in [9.17, 15) is 4.79 Å². The first-order chi connectivity index (χ1) is 7.73. The highest BCUT2D eigenvalue weighted by Crippen LogP contribution is 2.39. The van der Waals surface area contributed by atoms with Crippen LogP contribution in [0.5, 0.6) is 0 Å². The Morgan fingerprint density at radius 1 is 1.25 bits per heavy atom. The number of fused-ring (bicyclic) bond motifs is 1. The monoisotopic (exact) mass is 214 g/mol. The molecule has 1 aliphatic carbocycles. The molecule has 3 rings (SSSR count). The molecule has 2 aliphatic rings. The summed E-state index contributed by atoms with van der Waals surface area (Å²) in [5.41, 5.74) is 2.36. The predicted molar refractivity (Wildman–Crippen MR) is 62.3 cm³/mol. The van der Waals surface area contributed by atoms with Crippen LogP contribution in [0.1, 0.15) is 35.7 Å². The molecule has 2 heteroatoms. The van der Waals surface area contributed by atoms with Gasteiger partial charge in [0.1, 0.15) is 5.60 Å². The van der Waals surface area contributed by atoms with Gasteiger partial charge in [0.25, 0.3) is 0 Å². The van der Waals surface area contributed by atoms with E-state index >= 15 is 0 Å². The van der Waals surface area contributed by atoms with E-state index in [4.69, 9.17) is 4.74 Å². The van der Waals surface area contributed by atoms with Gasteiger partial charge in [-0.25, -0.2) is 0 Å². The molecule has 2 nitrogen and oxygen atoms in total. The number of hydrogen-bond donors (Lipinski definition) is 0. The van der Waals surface area contributed by atoms with Crippen LogP contribution < -0.4 is 0 Å². The number of ketones is 1. The molecule has 16 heavy (non-hydrogen) atoms.